The van der Waals surface area contributed by atoms with Crippen LogP contribution in [0.3, 0.4) is 0 Å². The topological polar surface area (TPSA) is 0 Å². The van der Waals surface area contributed by atoms with Gasteiger partial charge in [-0.05, 0) is 29.6 Å². The van der Waals surface area contributed by atoms with Gasteiger partial charge >= 0.3 is 0 Å². The van der Waals surface area contributed by atoms with Gasteiger partial charge < -0.3 is 0 Å². The van der Waals surface area contributed by atoms with Crippen LogP contribution in [-0.2, 0) is 0 Å². The molecule has 2 unspecified atom stereocenters. The number of hydrogen-bond donors (Lipinski definition) is 0. The average molecular weight is 182 g/mol. The highest BCUT2D eigenvalue weighted by Gasteiger charge is 2.55. The van der Waals surface area contributed by atoms with E-state index in [2.05, 4.69) is 34.6 Å². The quantitative estimate of drug-likeness (QED) is 0.587. The van der Waals surface area contributed by atoms with Crippen LogP contribution < -0.4 is 0 Å². The molecule has 0 bridgehead atoms. The van der Waals surface area contributed by atoms with Crippen LogP contribution in [0.4, 0.5) is 0 Å². The van der Waals surface area contributed by atoms with Gasteiger partial charge in [-0.15, -0.1) is 0 Å². The Morgan fingerprint density at radius 2 is 1.54 bits per heavy atom. The molecule has 0 aliphatic heterocycles. The molecule has 0 spiro atoms. The van der Waals surface area contributed by atoms with Crippen LogP contribution in [0.15, 0.2) is 0 Å². The van der Waals surface area contributed by atoms with Crippen molar-refractivity contribution >= 4 is 0 Å². The third kappa shape index (κ3) is 2.08. The van der Waals surface area contributed by atoms with E-state index < -0.39 is 0 Å². The Balaban J connectivity index is 2.39. The van der Waals surface area contributed by atoms with Crippen LogP contribution in [0.1, 0.15) is 60.3 Å². The molecule has 2 atom stereocenters. The highest BCUT2D eigenvalue weighted by molar-refractivity contribution is 5.04. The summed E-state index contributed by atoms with van der Waals surface area (Å²) in [6.07, 6.45) is 5.62. The molecule has 1 aliphatic carbocycles. The van der Waals surface area contributed by atoms with Crippen LogP contribution in [0.2, 0.25) is 0 Å². The molecule has 0 aromatic rings. The van der Waals surface area contributed by atoms with Crippen LogP contribution in [0, 0.1) is 23.2 Å². The fourth-order valence-corrected chi connectivity index (χ4v) is 3.12. The number of rotatable bonds is 5. The maximum atomic E-state index is 2.45. The SMILES string of the molecule is CCC(CC)CC1C(CC)C1(C)C. The molecule has 1 rings (SSSR count). The van der Waals surface area contributed by atoms with Gasteiger partial charge in [0.1, 0.15) is 0 Å². The predicted octanol–water partition coefficient (Wildman–Crippen LogP) is 4.49. The first-order chi connectivity index (χ1) is 6.07. The summed E-state index contributed by atoms with van der Waals surface area (Å²) < 4.78 is 0. The molecule has 0 heterocycles. The molecule has 0 aromatic carbocycles. The maximum Gasteiger partial charge on any atom is -0.0292 e. The van der Waals surface area contributed by atoms with Gasteiger partial charge in [-0.1, -0.05) is 53.9 Å². The van der Waals surface area contributed by atoms with Gasteiger partial charge in [-0.3, -0.25) is 0 Å². The zero-order valence-corrected chi connectivity index (χ0v) is 10.1. The van der Waals surface area contributed by atoms with E-state index in [1.807, 2.05) is 0 Å². The lowest BCUT2D eigenvalue weighted by Gasteiger charge is -2.12. The van der Waals surface area contributed by atoms with Gasteiger partial charge in [0.2, 0.25) is 0 Å². The summed E-state index contributed by atoms with van der Waals surface area (Å²) in [5.74, 6) is 3.04. The van der Waals surface area contributed by atoms with Crippen molar-refractivity contribution in [3.63, 3.8) is 0 Å². The Kier molecular flexibility index (Phi) is 3.43. The van der Waals surface area contributed by atoms with Crippen molar-refractivity contribution in [1.29, 1.82) is 0 Å². The molecule has 78 valence electrons. The molecule has 0 radical (unpaired) electrons. The molecular weight excluding hydrogens is 156 g/mol. The largest absolute Gasteiger partial charge is 0.0651 e. The molecule has 0 N–H and O–H groups in total. The van der Waals surface area contributed by atoms with Gasteiger partial charge in [-0.2, -0.15) is 0 Å². The lowest BCUT2D eigenvalue weighted by Crippen LogP contribution is -2.01. The van der Waals surface area contributed by atoms with Gasteiger partial charge in [0.05, 0.1) is 0 Å². The van der Waals surface area contributed by atoms with Crippen LogP contribution in [0.5, 0.6) is 0 Å². The Hall–Kier alpha value is 0. The summed E-state index contributed by atoms with van der Waals surface area (Å²) in [5.41, 5.74) is 0.664. The van der Waals surface area contributed by atoms with E-state index in [1.54, 1.807) is 0 Å². The first kappa shape index (κ1) is 11.1. The highest BCUT2D eigenvalue weighted by atomic mass is 14.6. The Morgan fingerprint density at radius 3 is 1.85 bits per heavy atom. The third-order valence-corrected chi connectivity index (χ3v) is 4.47. The predicted molar refractivity (Wildman–Crippen MR) is 59.7 cm³/mol. The van der Waals surface area contributed by atoms with Crippen LogP contribution >= 0.6 is 0 Å². The van der Waals surface area contributed by atoms with E-state index in [9.17, 15) is 0 Å². The second-order valence-electron chi connectivity index (χ2n) is 5.36. The minimum absolute atomic E-state index is 0.664. The Morgan fingerprint density at radius 1 is 1.00 bits per heavy atom. The van der Waals surface area contributed by atoms with Crippen molar-refractivity contribution in [2.45, 2.75) is 60.3 Å². The van der Waals surface area contributed by atoms with E-state index in [1.165, 1.54) is 25.7 Å². The molecular formula is C13H26. The maximum absolute atomic E-state index is 2.45. The summed E-state index contributed by atoms with van der Waals surface area (Å²) >= 11 is 0. The van der Waals surface area contributed by atoms with Crippen molar-refractivity contribution in [2.24, 2.45) is 23.2 Å². The molecule has 0 nitrogen and oxygen atoms in total. The first-order valence-corrected chi connectivity index (χ1v) is 6.07. The molecule has 1 fully saturated rings. The lowest BCUT2D eigenvalue weighted by atomic mass is 9.94. The molecule has 0 saturated heterocycles. The second-order valence-corrected chi connectivity index (χ2v) is 5.36. The summed E-state index contributed by atoms with van der Waals surface area (Å²) in [4.78, 5) is 0. The van der Waals surface area contributed by atoms with Crippen molar-refractivity contribution < 1.29 is 0 Å². The highest BCUT2D eigenvalue weighted by Crippen LogP contribution is 2.62. The van der Waals surface area contributed by atoms with Crippen molar-refractivity contribution in [1.82, 2.24) is 0 Å². The van der Waals surface area contributed by atoms with Gasteiger partial charge in [0, 0.05) is 0 Å². The number of hydrogen-bond acceptors (Lipinski definition) is 0. The molecule has 0 amide bonds. The van der Waals surface area contributed by atoms with Gasteiger partial charge in [-0.25, -0.2) is 0 Å². The van der Waals surface area contributed by atoms with Gasteiger partial charge in [0.15, 0.2) is 0 Å². The van der Waals surface area contributed by atoms with Crippen molar-refractivity contribution in [3.8, 4) is 0 Å². The second kappa shape index (κ2) is 4.02. The monoisotopic (exact) mass is 182 g/mol. The van der Waals surface area contributed by atoms with Crippen molar-refractivity contribution in [3.05, 3.63) is 0 Å². The van der Waals surface area contributed by atoms with E-state index in [-0.39, 0.29) is 0 Å². The average Bonchev–Trinajstić information content (AvgIpc) is 2.63. The summed E-state index contributed by atoms with van der Waals surface area (Å²) in [6, 6.07) is 0. The van der Waals surface area contributed by atoms with Gasteiger partial charge in [0.25, 0.3) is 0 Å². The summed E-state index contributed by atoms with van der Waals surface area (Å²) in [5, 5.41) is 0. The fourth-order valence-electron chi connectivity index (χ4n) is 3.12. The van der Waals surface area contributed by atoms with Crippen LogP contribution in [0.25, 0.3) is 0 Å². The summed E-state index contributed by atoms with van der Waals surface area (Å²) in [6.45, 7) is 11.9. The molecule has 1 saturated carbocycles. The zero-order valence-electron chi connectivity index (χ0n) is 10.1. The minimum atomic E-state index is 0.664. The summed E-state index contributed by atoms with van der Waals surface area (Å²) in [7, 11) is 0. The third-order valence-electron chi connectivity index (χ3n) is 4.47. The fraction of sp³-hybridized carbons (Fsp3) is 1.00. The van der Waals surface area contributed by atoms with E-state index in [0.717, 1.165) is 17.8 Å². The van der Waals surface area contributed by atoms with Crippen LogP contribution in [-0.4, -0.2) is 0 Å². The normalized spacial score (nSPS) is 30.9. The lowest BCUT2D eigenvalue weighted by molar-refractivity contribution is 0.392. The molecule has 0 aromatic heterocycles. The molecule has 13 heavy (non-hydrogen) atoms. The van der Waals surface area contributed by atoms with E-state index in [0.29, 0.717) is 5.41 Å². The smallest absolute Gasteiger partial charge is 0.0292 e. The van der Waals surface area contributed by atoms with E-state index in [4.69, 9.17) is 0 Å². The first-order valence-electron chi connectivity index (χ1n) is 6.07. The standard InChI is InChI=1S/C13H26/c1-6-10(7-2)9-12-11(8-3)13(12,4)5/h10-12H,6-9H2,1-5H3. The van der Waals surface area contributed by atoms with E-state index >= 15 is 0 Å². The Labute approximate surface area is 84.1 Å². The minimum Gasteiger partial charge on any atom is -0.0651 e. The molecule has 1 aliphatic rings. The van der Waals surface area contributed by atoms with Crippen molar-refractivity contribution in [2.75, 3.05) is 0 Å². The molecule has 0 heteroatoms. The Bertz CT molecular complexity index is 153. The zero-order chi connectivity index (χ0) is 10.1.